The van der Waals surface area contributed by atoms with Gasteiger partial charge in [-0.1, -0.05) is 19.1 Å². The van der Waals surface area contributed by atoms with Crippen molar-refractivity contribution in [3.63, 3.8) is 0 Å². The van der Waals surface area contributed by atoms with E-state index in [1.54, 1.807) is 0 Å². The highest BCUT2D eigenvalue weighted by Crippen LogP contribution is 2.36. The summed E-state index contributed by atoms with van der Waals surface area (Å²) in [7, 11) is -3.26. The molecule has 5 nitrogen and oxygen atoms in total. The van der Waals surface area contributed by atoms with Crippen molar-refractivity contribution in [2.75, 3.05) is 30.2 Å². The average molecular weight is 353 g/mol. The third kappa shape index (κ3) is 3.60. The molecule has 2 aliphatic rings. The molecule has 6 heteroatoms. The van der Waals surface area contributed by atoms with Crippen LogP contribution < -0.4 is 4.31 Å². The highest BCUT2D eigenvalue weighted by molar-refractivity contribution is 7.92. The molecule has 0 spiro atoms. The first-order valence-corrected chi connectivity index (χ1v) is 10.6. The van der Waals surface area contributed by atoms with Gasteiger partial charge in [-0.05, 0) is 62.4 Å². The van der Waals surface area contributed by atoms with E-state index in [0.717, 1.165) is 35.8 Å². The van der Waals surface area contributed by atoms with Crippen LogP contribution in [0.1, 0.15) is 43.9 Å². The molecule has 2 aliphatic heterocycles. The first kappa shape index (κ1) is 17.7. The van der Waals surface area contributed by atoms with Crippen molar-refractivity contribution in [2.24, 2.45) is 5.92 Å². The van der Waals surface area contributed by atoms with Crippen molar-refractivity contribution >= 4 is 15.7 Å². The van der Waals surface area contributed by atoms with Gasteiger partial charge < -0.3 is 10.0 Å². The minimum absolute atomic E-state index is 0.0639. The molecule has 0 saturated carbocycles. The highest BCUT2D eigenvalue weighted by Gasteiger charge is 2.33. The number of fused-ring (bicyclic) bond motifs is 1. The van der Waals surface area contributed by atoms with Crippen LogP contribution in [0.5, 0.6) is 0 Å². The normalized spacial score (nSPS) is 24.2. The second-order valence-electron chi connectivity index (χ2n) is 7.50. The molecule has 24 heavy (non-hydrogen) atoms. The predicted octanol–water partition coefficient (Wildman–Crippen LogP) is 2.16. The molecule has 3 rings (SSSR count). The van der Waals surface area contributed by atoms with E-state index in [9.17, 15) is 13.5 Å². The predicted molar refractivity (Wildman–Crippen MR) is 96.7 cm³/mol. The molecular formula is C18H28N2O3S. The zero-order valence-corrected chi connectivity index (χ0v) is 15.6. The maximum Gasteiger partial charge on any atom is 0.232 e. The lowest BCUT2D eigenvalue weighted by Crippen LogP contribution is -2.36. The number of nitrogens with zero attached hydrogens (tertiary/aromatic N) is 2. The summed E-state index contributed by atoms with van der Waals surface area (Å²) in [5.41, 5.74) is 2.65. The number of hydrogen-bond acceptors (Lipinski definition) is 4. The molecular weight excluding hydrogens is 324 g/mol. The maximum absolute atomic E-state index is 12.0. The van der Waals surface area contributed by atoms with Crippen LogP contribution in [0.15, 0.2) is 18.2 Å². The van der Waals surface area contributed by atoms with Crippen LogP contribution in [0.3, 0.4) is 0 Å². The van der Waals surface area contributed by atoms with E-state index >= 15 is 0 Å². The number of anilines is 1. The van der Waals surface area contributed by atoms with Crippen LogP contribution in [-0.2, 0) is 16.4 Å². The van der Waals surface area contributed by atoms with Gasteiger partial charge in [0, 0.05) is 12.6 Å². The molecule has 1 saturated heterocycles. The minimum Gasteiger partial charge on any atom is -0.387 e. The van der Waals surface area contributed by atoms with Gasteiger partial charge in [0.05, 0.1) is 18.0 Å². The second kappa shape index (κ2) is 6.65. The van der Waals surface area contributed by atoms with Gasteiger partial charge in [-0.25, -0.2) is 8.42 Å². The van der Waals surface area contributed by atoms with E-state index in [1.807, 2.05) is 25.1 Å². The Morgan fingerprint density at radius 3 is 2.54 bits per heavy atom. The van der Waals surface area contributed by atoms with Crippen LogP contribution >= 0.6 is 0 Å². The molecule has 0 aliphatic carbocycles. The fraction of sp³-hybridized carbons (Fsp3) is 0.667. The Hall–Kier alpha value is -1.11. The van der Waals surface area contributed by atoms with E-state index in [0.29, 0.717) is 13.0 Å². The largest absolute Gasteiger partial charge is 0.387 e. The Balaban J connectivity index is 1.74. The summed E-state index contributed by atoms with van der Waals surface area (Å²) in [5.74, 6) is 0.779. The third-order valence-electron chi connectivity index (χ3n) is 5.31. The van der Waals surface area contributed by atoms with Gasteiger partial charge in [-0.3, -0.25) is 4.31 Å². The number of likely N-dealkylation sites (tertiary alicyclic amines) is 1. The van der Waals surface area contributed by atoms with E-state index < -0.39 is 16.1 Å². The number of aliphatic hydroxyl groups excluding tert-OH is 1. The third-order valence-corrected chi connectivity index (χ3v) is 6.58. The maximum atomic E-state index is 12.0. The monoisotopic (exact) mass is 352 g/mol. The standard InChI is InChI=1S/C18H28N2O3S/c1-13-6-8-19(9-7-13)12-18(21)15-4-5-17-16(11-15)10-14(2)20(17)24(3,22)23/h4-5,11,13-14,18,21H,6-10,12H2,1-3H3. The number of aliphatic hydroxyl groups is 1. The van der Waals surface area contributed by atoms with Crippen LogP contribution in [0, 0.1) is 5.92 Å². The summed E-state index contributed by atoms with van der Waals surface area (Å²) >= 11 is 0. The van der Waals surface area contributed by atoms with E-state index in [1.165, 1.54) is 23.4 Å². The topological polar surface area (TPSA) is 60.9 Å². The van der Waals surface area contributed by atoms with Crippen molar-refractivity contribution < 1.29 is 13.5 Å². The summed E-state index contributed by atoms with van der Waals surface area (Å²) in [6.07, 6.45) is 3.81. The molecule has 2 atom stereocenters. The zero-order valence-electron chi connectivity index (χ0n) is 14.8. The van der Waals surface area contributed by atoms with Crippen LogP contribution in [0.2, 0.25) is 0 Å². The van der Waals surface area contributed by atoms with Gasteiger partial charge in [0.15, 0.2) is 0 Å². The molecule has 1 N–H and O–H groups in total. The molecule has 0 aromatic heterocycles. The second-order valence-corrected chi connectivity index (χ2v) is 9.36. The lowest BCUT2D eigenvalue weighted by Gasteiger charge is -2.31. The van der Waals surface area contributed by atoms with Gasteiger partial charge in [0.1, 0.15) is 0 Å². The van der Waals surface area contributed by atoms with Crippen molar-refractivity contribution in [1.29, 1.82) is 0 Å². The number of sulfonamides is 1. The number of benzene rings is 1. The minimum atomic E-state index is -3.26. The summed E-state index contributed by atoms with van der Waals surface area (Å²) in [6.45, 7) is 6.94. The van der Waals surface area contributed by atoms with Crippen LogP contribution in [-0.4, -0.2) is 50.4 Å². The van der Waals surface area contributed by atoms with Crippen LogP contribution in [0.25, 0.3) is 0 Å². The Bertz CT molecular complexity index is 696. The van der Waals surface area contributed by atoms with E-state index in [4.69, 9.17) is 0 Å². The van der Waals surface area contributed by atoms with Crippen LogP contribution in [0.4, 0.5) is 5.69 Å². The molecule has 1 aromatic carbocycles. The first-order chi connectivity index (χ1) is 11.3. The quantitative estimate of drug-likeness (QED) is 0.902. The summed E-state index contributed by atoms with van der Waals surface area (Å²) < 4.78 is 25.5. The van der Waals surface area contributed by atoms with Crippen molar-refractivity contribution in [2.45, 2.75) is 45.3 Å². The average Bonchev–Trinajstić information content (AvgIpc) is 2.84. The van der Waals surface area contributed by atoms with E-state index in [-0.39, 0.29) is 6.04 Å². The molecule has 2 heterocycles. The molecule has 2 unspecified atom stereocenters. The SMILES string of the molecule is CC1CCN(CC(O)c2ccc3c(c2)CC(C)N3S(C)(=O)=O)CC1. The first-order valence-electron chi connectivity index (χ1n) is 8.78. The fourth-order valence-corrected chi connectivity index (χ4v) is 5.19. The number of hydrogen-bond donors (Lipinski definition) is 1. The summed E-state index contributed by atoms with van der Waals surface area (Å²) in [6, 6.07) is 5.63. The summed E-state index contributed by atoms with van der Waals surface area (Å²) in [5, 5.41) is 10.6. The molecule has 0 radical (unpaired) electrons. The molecule has 134 valence electrons. The smallest absolute Gasteiger partial charge is 0.232 e. The van der Waals surface area contributed by atoms with Gasteiger partial charge >= 0.3 is 0 Å². The van der Waals surface area contributed by atoms with Crippen molar-refractivity contribution in [1.82, 2.24) is 4.90 Å². The number of piperidine rings is 1. The summed E-state index contributed by atoms with van der Waals surface area (Å²) in [4.78, 5) is 2.32. The molecule has 1 fully saturated rings. The Kier molecular flexibility index (Phi) is 4.91. The zero-order chi connectivity index (χ0) is 17.5. The van der Waals surface area contributed by atoms with Crippen molar-refractivity contribution in [3.05, 3.63) is 29.3 Å². The van der Waals surface area contributed by atoms with E-state index in [2.05, 4.69) is 11.8 Å². The molecule has 0 bridgehead atoms. The lowest BCUT2D eigenvalue weighted by molar-refractivity contribution is 0.0916. The Labute approximate surface area is 145 Å². The van der Waals surface area contributed by atoms with Gasteiger partial charge in [-0.15, -0.1) is 0 Å². The van der Waals surface area contributed by atoms with Crippen molar-refractivity contribution in [3.8, 4) is 0 Å². The number of β-amino-alcohol motifs (C(OH)–C–C–N with tert-alkyl or cyclic N) is 1. The number of rotatable bonds is 4. The Morgan fingerprint density at radius 2 is 1.92 bits per heavy atom. The Morgan fingerprint density at radius 1 is 1.25 bits per heavy atom. The van der Waals surface area contributed by atoms with Gasteiger partial charge in [0.25, 0.3) is 0 Å². The fourth-order valence-electron chi connectivity index (χ4n) is 3.93. The van der Waals surface area contributed by atoms with Gasteiger partial charge in [0.2, 0.25) is 10.0 Å². The molecule has 0 amide bonds. The highest BCUT2D eigenvalue weighted by atomic mass is 32.2. The molecule has 1 aromatic rings. The van der Waals surface area contributed by atoms with Gasteiger partial charge in [-0.2, -0.15) is 0 Å². The lowest BCUT2D eigenvalue weighted by atomic mass is 9.98.